The molecule has 7 nitrogen and oxygen atoms in total. The Labute approximate surface area is 117 Å². The van der Waals surface area contributed by atoms with Crippen molar-refractivity contribution in [2.75, 3.05) is 26.2 Å². The molecule has 2 rings (SSSR count). The van der Waals surface area contributed by atoms with Crippen LogP contribution in [0.25, 0.3) is 0 Å². The fourth-order valence-corrected chi connectivity index (χ4v) is 2.74. The fourth-order valence-electron chi connectivity index (χ4n) is 2.74. The van der Waals surface area contributed by atoms with Gasteiger partial charge in [0.1, 0.15) is 6.04 Å². The van der Waals surface area contributed by atoms with Crippen molar-refractivity contribution in [3.05, 3.63) is 0 Å². The number of aliphatic hydroxyl groups excluding tert-OH is 1. The van der Waals surface area contributed by atoms with Crippen molar-refractivity contribution in [3.8, 4) is 0 Å². The van der Waals surface area contributed by atoms with Gasteiger partial charge in [-0.1, -0.05) is 0 Å². The van der Waals surface area contributed by atoms with Gasteiger partial charge in [-0.05, 0) is 25.9 Å². The molecule has 0 unspecified atom stereocenters. The lowest BCUT2D eigenvalue weighted by molar-refractivity contribution is -0.148. The zero-order chi connectivity index (χ0) is 14.5. The molecule has 0 aromatic rings. The van der Waals surface area contributed by atoms with Gasteiger partial charge in [-0.2, -0.15) is 0 Å². The van der Waals surface area contributed by atoms with E-state index in [1.807, 2.05) is 0 Å². The fraction of sp³-hybridized carbons (Fsp3) is 0.846. The van der Waals surface area contributed by atoms with Gasteiger partial charge in [-0.25, -0.2) is 4.79 Å². The van der Waals surface area contributed by atoms with Crippen LogP contribution in [-0.2, 0) is 14.3 Å². The van der Waals surface area contributed by atoms with Gasteiger partial charge >= 0.3 is 5.97 Å². The molecule has 0 saturated carbocycles. The van der Waals surface area contributed by atoms with Crippen molar-refractivity contribution in [1.29, 1.82) is 0 Å². The van der Waals surface area contributed by atoms with Crippen LogP contribution in [0.4, 0.5) is 0 Å². The van der Waals surface area contributed by atoms with Gasteiger partial charge < -0.3 is 25.2 Å². The largest absolute Gasteiger partial charge is 0.480 e. The topological polar surface area (TPSA) is 99.1 Å². The normalized spacial score (nSPS) is 27.8. The summed E-state index contributed by atoms with van der Waals surface area (Å²) in [5.74, 6) is -1.32. The zero-order valence-corrected chi connectivity index (χ0v) is 11.5. The smallest absolute Gasteiger partial charge is 0.326 e. The number of piperidine rings is 1. The van der Waals surface area contributed by atoms with Crippen molar-refractivity contribution in [2.45, 2.75) is 43.9 Å². The molecule has 0 spiro atoms. The highest BCUT2D eigenvalue weighted by Gasteiger charge is 2.38. The van der Waals surface area contributed by atoms with Crippen LogP contribution in [0.1, 0.15) is 25.7 Å². The first-order valence-corrected chi connectivity index (χ1v) is 7.10. The lowest BCUT2D eigenvalue weighted by Crippen LogP contribution is -2.41. The maximum absolute atomic E-state index is 12.0. The third kappa shape index (κ3) is 3.91. The number of hydrogen-bond donors (Lipinski definition) is 3. The summed E-state index contributed by atoms with van der Waals surface area (Å²) < 4.78 is 5.64. The highest BCUT2D eigenvalue weighted by atomic mass is 16.5. The summed E-state index contributed by atoms with van der Waals surface area (Å²) in [5.41, 5.74) is 0. The molecule has 7 heteroatoms. The van der Waals surface area contributed by atoms with Crippen LogP contribution < -0.4 is 5.32 Å². The first-order valence-electron chi connectivity index (χ1n) is 7.10. The van der Waals surface area contributed by atoms with E-state index in [1.165, 1.54) is 4.90 Å². The molecule has 0 bridgehead atoms. The molecule has 0 aromatic carbocycles. The van der Waals surface area contributed by atoms with Gasteiger partial charge in [0.15, 0.2) is 0 Å². The molecule has 114 valence electrons. The van der Waals surface area contributed by atoms with Crippen LogP contribution in [-0.4, -0.2) is 71.5 Å². The lowest BCUT2D eigenvalue weighted by Gasteiger charge is -2.24. The van der Waals surface area contributed by atoms with E-state index >= 15 is 0 Å². The molecular formula is C13H22N2O5. The van der Waals surface area contributed by atoms with Crippen LogP contribution >= 0.6 is 0 Å². The molecule has 2 fully saturated rings. The van der Waals surface area contributed by atoms with Gasteiger partial charge in [-0.3, -0.25) is 4.79 Å². The second-order valence-electron chi connectivity index (χ2n) is 5.36. The van der Waals surface area contributed by atoms with Gasteiger partial charge in [0, 0.05) is 13.0 Å². The molecule has 0 aliphatic carbocycles. The minimum atomic E-state index is -1.06. The standard InChI is InChI=1S/C13H22N2O5/c16-9-7-11(13(18)19)15(8-9)12(17)3-6-20-10-1-4-14-5-2-10/h9-11,14,16H,1-8H2,(H,18,19)/t9-,11-/m1/s1. The number of hydrogen-bond acceptors (Lipinski definition) is 5. The van der Waals surface area contributed by atoms with Crippen molar-refractivity contribution < 1.29 is 24.5 Å². The Bertz CT molecular complexity index is 357. The summed E-state index contributed by atoms with van der Waals surface area (Å²) >= 11 is 0. The van der Waals surface area contributed by atoms with E-state index in [2.05, 4.69) is 5.32 Å². The van der Waals surface area contributed by atoms with Gasteiger partial charge in [0.25, 0.3) is 0 Å². The van der Waals surface area contributed by atoms with Crippen molar-refractivity contribution in [1.82, 2.24) is 10.2 Å². The zero-order valence-electron chi connectivity index (χ0n) is 11.5. The lowest BCUT2D eigenvalue weighted by atomic mass is 10.1. The summed E-state index contributed by atoms with van der Waals surface area (Å²) in [7, 11) is 0. The summed E-state index contributed by atoms with van der Waals surface area (Å²) in [5, 5.41) is 21.8. The molecule has 2 aliphatic heterocycles. The van der Waals surface area contributed by atoms with E-state index in [1.54, 1.807) is 0 Å². The third-order valence-electron chi connectivity index (χ3n) is 3.84. The summed E-state index contributed by atoms with van der Waals surface area (Å²) in [6, 6.07) is -0.906. The van der Waals surface area contributed by atoms with E-state index < -0.39 is 18.1 Å². The predicted octanol–water partition coefficient (Wildman–Crippen LogP) is -0.808. The summed E-state index contributed by atoms with van der Waals surface area (Å²) in [6.45, 7) is 2.27. The average molecular weight is 286 g/mol. The molecule has 2 aliphatic rings. The average Bonchev–Trinajstić information content (AvgIpc) is 2.82. The van der Waals surface area contributed by atoms with Crippen molar-refractivity contribution in [3.63, 3.8) is 0 Å². The number of ether oxygens (including phenoxy) is 1. The van der Waals surface area contributed by atoms with Crippen molar-refractivity contribution >= 4 is 11.9 Å². The Hall–Kier alpha value is -1.18. The van der Waals surface area contributed by atoms with E-state index in [4.69, 9.17) is 9.84 Å². The Balaban J connectivity index is 1.74. The monoisotopic (exact) mass is 286 g/mol. The minimum absolute atomic E-state index is 0.100. The number of nitrogens with one attached hydrogen (secondary N) is 1. The maximum Gasteiger partial charge on any atom is 0.326 e. The number of carbonyl (C=O) groups excluding carboxylic acids is 1. The minimum Gasteiger partial charge on any atom is -0.480 e. The Morgan fingerprint density at radius 1 is 1.30 bits per heavy atom. The van der Waals surface area contributed by atoms with E-state index in [9.17, 15) is 14.7 Å². The number of amides is 1. The SMILES string of the molecule is O=C(O)[C@H]1C[C@@H](O)CN1C(=O)CCOC1CCNCC1. The van der Waals surface area contributed by atoms with Crippen LogP contribution in [0.5, 0.6) is 0 Å². The quantitative estimate of drug-likeness (QED) is 0.611. The number of nitrogens with zero attached hydrogens (tertiary/aromatic N) is 1. The number of carboxylic acid groups (broad SMARTS) is 1. The first kappa shape index (κ1) is 15.2. The first-order chi connectivity index (χ1) is 9.58. The molecule has 0 radical (unpaired) electrons. The van der Waals surface area contributed by atoms with E-state index in [-0.39, 0.29) is 31.4 Å². The molecule has 2 atom stereocenters. The molecule has 2 saturated heterocycles. The van der Waals surface area contributed by atoms with Crippen LogP contribution in [0.15, 0.2) is 0 Å². The second kappa shape index (κ2) is 7.01. The summed E-state index contributed by atoms with van der Waals surface area (Å²) in [6.07, 6.45) is 1.59. The molecular weight excluding hydrogens is 264 g/mol. The molecule has 2 heterocycles. The number of aliphatic hydroxyl groups is 1. The molecule has 3 N–H and O–H groups in total. The Morgan fingerprint density at radius 2 is 2.00 bits per heavy atom. The molecule has 1 amide bonds. The Morgan fingerprint density at radius 3 is 2.65 bits per heavy atom. The van der Waals surface area contributed by atoms with Gasteiger partial charge in [0.2, 0.25) is 5.91 Å². The van der Waals surface area contributed by atoms with Gasteiger partial charge in [0.05, 0.1) is 25.2 Å². The van der Waals surface area contributed by atoms with E-state index in [0.29, 0.717) is 6.61 Å². The van der Waals surface area contributed by atoms with Crippen LogP contribution in [0, 0.1) is 0 Å². The number of rotatable bonds is 5. The van der Waals surface area contributed by atoms with Crippen molar-refractivity contribution in [2.24, 2.45) is 0 Å². The maximum atomic E-state index is 12.0. The van der Waals surface area contributed by atoms with E-state index in [0.717, 1.165) is 25.9 Å². The summed E-state index contributed by atoms with van der Waals surface area (Å²) in [4.78, 5) is 24.3. The second-order valence-corrected chi connectivity index (χ2v) is 5.36. The number of β-amino-alcohol motifs (C(OH)–C–C–N with tert-alkyl or cyclic N) is 1. The third-order valence-corrected chi connectivity index (χ3v) is 3.84. The Kier molecular flexibility index (Phi) is 5.33. The van der Waals surface area contributed by atoms with Gasteiger partial charge in [-0.15, -0.1) is 0 Å². The number of likely N-dealkylation sites (tertiary alicyclic amines) is 1. The predicted molar refractivity (Wildman–Crippen MR) is 70.2 cm³/mol. The number of aliphatic carboxylic acids is 1. The highest BCUT2D eigenvalue weighted by Crippen LogP contribution is 2.19. The number of carboxylic acids is 1. The molecule has 0 aromatic heterocycles. The van der Waals surface area contributed by atoms with Crippen LogP contribution in [0.3, 0.4) is 0 Å². The highest BCUT2D eigenvalue weighted by molar-refractivity contribution is 5.84. The van der Waals surface area contributed by atoms with Crippen LogP contribution in [0.2, 0.25) is 0 Å². The molecule has 20 heavy (non-hydrogen) atoms. The number of carbonyl (C=O) groups is 2.